The van der Waals surface area contributed by atoms with Crippen LogP contribution in [0.5, 0.6) is 0 Å². The molecule has 2 N–H and O–H groups in total. The summed E-state index contributed by atoms with van der Waals surface area (Å²) >= 11 is 1.69. The van der Waals surface area contributed by atoms with Gasteiger partial charge in [0.1, 0.15) is 0 Å². The van der Waals surface area contributed by atoms with Crippen LogP contribution in [0, 0.1) is 0 Å². The van der Waals surface area contributed by atoms with Crippen LogP contribution >= 0.6 is 11.3 Å². The van der Waals surface area contributed by atoms with Crippen LogP contribution in [0.4, 0.5) is 0 Å². The van der Waals surface area contributed by atoms with Gasteiger partial charge >= 0.3 is 0 Å². The van der Waals surface area contributed by atoms with E-state index >= 15 is 0 Å². The van der Waals surface area contributed by atoms with Crippen LogP contribution in [0.3, 0.4) is 0 Å². The van der Waals surface area contributed by atoms with Crippen molar-refractivity contribution in [3.05, 3.63) is 22.4 Å². The quantitative estimate of drug-likeness (QED) is 0.781. The first-order chi connectivity index (χ1) is 6.54. The largest absolute Gasteiger partial charge is 0.388 e. The normalized spacial score (nSPS) is 30.8. The van der Waals surface area contributed by atoms with Gasteiger partial charge in [-0.2, -0.15) is 11.3 Å². The predicted molar refractivity (Wildman–Crippen MR) is 59.7 cm³/mol. The van der Waals surface area contributed by atoms with Crippen LogP contribution in [0.1, 0.15) is 25.8 Å². The molecule has 1 aromatic rings. The third-order valence-corrected chi connectivity index (χ3v) is 4.08. The van der Waals surface area contributed by atoms with E-state index in [9.17, 15) is 5.11 Å². The first-order valence-corrected chi connectivity index (χ1v) is 5.96. The second-order valence-electron chi connectivity index (χ2n) is 4.64. The maximum absolute atomic E-state index is 10.5. The molecule has 0 aromatic carbocycles. The third-order valence-electron chi connectivity index (χ3n) is 3.35. The molecular weight excluding hydrogens is 194 g/mol. The zero-order chi connectivity index (χ0) is 10.2. The van der Waals surface area contributed by atoms with E-state index in [-0.39, 0.29) is 5.54 Å². The van der Waals surface area contributed by atoms with E-state index in [1.54, 1.807) is 11.3 Å². The fourth-order valence-corrected chi connectivity index (χ4v) is 2.77. The molecular formula is C11H17NOS. The van der Waals surface area contributed by atoms with Crippen molar-refractivity contribution in [2.45, 2.75) is 37.8 Å². The first-order valence-electron chi connectivity index (χ1n) is 5.02. The van der Waals surface area contributed by atoms with Gasteiger partial charge in [-0.1, -0.05) is 0 Å². The summed E-state index contributed by atoms with van der Waals surface area (Å²) in [5.74, 6) is 0. The summed E-state index contributed by atoms with van der Waals surface area (Å²) in [6.45, 7) is 5.06. The Labute approximate surface area is 89.0 Å². The molecule has 78 valence electrons. The van der Waals surface area contributed by atoms with Gasteiger partial charge in [0.2, 0.25) is 0 Å². The van der Waals surface area contributed by atoms with Crippen LogP contribution in [-0.2, 0) is 6.42 Å². The molecule has 1 saturated heterocycles. The van der Waals surface area contributed by atoms with Crippen molar-refractivity contribution in [3.8, 4) is 0 Å². The highest BCUT2D eigenvalue weighted by molar-refractivity contribution is 7.07. The van der Waals surface area contributed by atoms with Crippen LogP contribution < -0.4 is 5.32 Å². The molecule has 1 fully saturated rings. The molecule has 1 aromatic heterocycles. The van der Waals surface area contributed by atoms with Crippen molar-refractivity contribution >= 4 is 11.3 Å². The van der Waals surface area contributed by atoms with Gasteiger partial charge in [0.05, 0.1) is 5.60 Å². The van der Waals surface area contributed by atoms with Crippen LogP contribution in [0.25, 0.3) is 0 Å². The summed E-state index contributed by atoms with van der Waals surface area (Å²) < 4.78 is 0. The fourth-order valence-electron chi connectivity index (χ4n) is 2.10. The molecule has 0 bridgehead atoms. The third kappa shape index (κ3) is 1.60. The number of rotatable bonds is 2. The van der Waals surface area contributed by atoms with Gasteiger partial charge in [-0.25, -0.2) is 0 Å². The molecule has 14 heavy (non-hydrogen) atoms. The summed E-state index contributed by atoms with van der Waals surface area (Å²) in [6.07, 6.45) is 1.60. The van der Waals surface area contributed by atoms with E-state index in [0.29, 0.717) is 0 Å². The highest BCUT2D eigenvalue weighted by atomic mass is 32.1. The second-order valence-corrected chi connectivity index (χ2v) is 5.42. The summed E-state index contributed by atoms with van der Waals surface area (Å²) in [4.78, 5) is 0. The standard InChI is InChI=1S/C11H17NOS/c1-10(2)11(13,4-5-12-10)7-9-3-6-14-8-9/h3,6,8,12-13H,4-5,7H2,1-2H3. The average Bonchev–Trinajstić information content (AvgIpc) is 2.63. The molecule has 2 heterocycles. The van der Waals surface area contributed by atoms with Crippen LogP contribution in [0.2, 0.25) is 0 Å². The lowest BCUT2D eigenvalue weighted by Gasteiger charge is -2.36. The van der Waals surface area contributed by atoms with Crippen LogP contribution in [-0.4, -0.2) is 22.8 Å². The van der Waals surface area contributed by atoms with Gasteiger partial charge in [0.25, 0.3) is 0 Å². The Kier molecular flexibility index (Phi) is 2.41. The monoisotopic (exact) mass is 211 g/mol. The number of hydrogen-bond acceptors (Lipinski definition) is 3. The molecule has 0 aliphatic carbocycles. The van der Waals surface area contributed by atoms with Crippen molar-refractivity contribution in [1.82, 2.24) is 5.32 Å². The molecule has 3 heteroatoms. The average molecular weight is 211 g/mol. The minimum atomic E-state index is -0.589. The zero-order valence-electron chi connectivity index (χ0n) is 8.71. The molecule has 0 saturated carbocycles. The number of nitrogens with one attached hydrogen (secondary N) is 1. The Morgan fingerprint density at radius 1 is 1.57 bits per heavy atom. The minimum Gasteiger partial charge on any atom is -0.388 e. The maximum atomic E-state index is 10.5. The van der Waals surface area contributed by atoms with Crippen molar-refractivity contribution < 1.29 is 5.11 Å². The van der Waals surface area contributed by atoms with E-state index in [2.05, 4.69) is 36.0 Å². The summed E-state index contributed by atoms with van der Waals surface area (Å²) in [5, 5.41) is 18.1. The molecule has 1 atom stereocenters. The molecule has 1 aliphatic rings. The molecule has 1 aliphatic heterocycles. The predicted octanol–water partition coefficient (Wildman–Crippen LogP) is 1.79. The Balaban J connectivity index is 2.17. The number of hydrogen-bond donors (Lipinski definition) is 2. The van der Waals surface area contributed by atoms with Crippen molar-refractivity contribution in [1.29, 1.82) is 0 Å². The van der Waals surface area contributed by atoms with Gasteiger partial charge in [0.15, 0.2) is 0 Å². The smallest absolute Gasteiger partial charge is 0.0875 e. The Morgan fingerprint density at radius 2 is 2.36 bits per heavy atom. The summed E-state index contributed by atoms with van der Waals surface area (Å²) in [7, 11) is 0. The number of thiophene rings is 1. The van der Waals surface area contributed by atoms with Crippen LogP contribution in [0.15, 0.2) is 16.8 Å². The molecule has 2 rings (SSSR count). The van der Waals surface area contributed by atoms with Gasteiger partial charge in [-0.15, -0.1) is 0 Å². The molecule has 0 amide bonds. The Hall–Kier alpha value is -0.380. The van der Waals surface area contributed by atoms with E-state index in [1.807, 2.05) is 0 Å². The van der Waals surface area contributed by atoms with Gasteiger partial charge in [0, 0.05) is 12.0 Å². The van der Waals surface area contributed by atoms with Gasteiger partial charge < -0.3 is 10.4 Å². The lowest BCUT2D eigenvalue weighted by molar-refractivity contribution is -0.00686. The van der Waals surface area contributed by atoms with E-state index in [1.165, 1.54) is 5.56 Å². The first kappa shape index (κ1) is 10.1. The van der Waals surface area contributed by atoms with E-state index < -0.39 is 5.60 Å². The van der Waals surface area contributed by atoms with E-state index in [0.717, 1.165) is 19.4 Å². The fraction of sp³-hybridized carbons (Fsp3) is 0.636. The lowest BCUT2D eigenvalue weighted by atomic mass is 9.80. The highest BCUT2D eigenvalue weighted by Gasteiger charge is 2.47. The second kappa shape index (κ2) is 3.33. The zero-order valence-corrected chi connectivity index (χ0v) is 9.53. The summed E-state index contributed by atoms with van der Waals surface area (Å²) in [6, 6.07) is 2.09. The highest BCUT2D eigenvalue weighted by Crippen LogP contribution is 2.34. The minimum absolute atomic E-state index is 0.172. The lowest BCUT2D eigenvalue weighted by Crippen LogP contribution is -2.53. The van der Waals surface area contributed by atoms with Gasteiger partial charge in [-0.05, 0) is 49.2 Å². The number of aliphatic hydroxyl groups is 1. The molecule has 0 spiro atoms. The molecule has 0 radical (unpaired) electrons. The maximum Gasteiger partial charge on any atom is 0.0875 e. The Morgan fingerprint density at radius 3 is 2.86 bits per heavy atom. The topological polar surface area (TPSA) is 32.3 Å². The molecule has 2 nitrogen and oxygen atoms in total. The Bertz CT molecular complexity index is 307. The van der Waals surface area contributed by atoms with Crippen molar-refractivity contribution in [3.63, 3.8) is 0 Å². The molecule has 1 unspecified atom stereocenters. The SMILES string of the molecule is CC1(C)NCCC1(O)Cc1ccsc1. The van der Waals surface area contributed by atoms with Gasteiger partial charge in [-0.3, -0.25) is 0 Å². The van der Waals surface area contributed by atoms with Crippen molar-refractivity contribution in [2.75, 3.05) is 6.54 Å². The summed E-state index contributed by atoms with van der Waals surface area (Å²) in [5.41, 5.74) is 0.484. The van der Waals surface area contributed by atoms with Crippen molar-refractivity contribution in [2.24, 2.45) is 0 Å². The van der Waals surface area contributed by atoms with E-state index in [4.69, 9.17) is 0 Å².